The summed E-state index contributed by atoms with van der Waals surface area (Å²) in [7, 11) is 1.60. The first-order valence-electron chi connectivity index (χ1n) is 8.06. The van der Waals surface area contributed by atoms with E-state index in [4.69, 9.17) is 18.9 Å². The molecular formula is C19H19NO6. The van der Waals surface area contributed by atoms with Crippen LogP contribution in [0.2, 0.25) is 0 Å². The van der Waals surface area contributed by atoms with E-state index in [0.29, 0.717) is 29.4 Å². The zero-order valence-corrected chi connectivity index (χ0v) is 14.5. The van der Waals surface area contributed by atoms with E-state index >= 15 is 0 Å². The fourth-order valence-electron chi connectivity index (χ4n) is 2.40. The second-order valence-corrected chi connectivity index (χ2v) is 5.73. The van der Waals surface area contributed by atoms with Crippen LogP contribution in [-0.2, 0) is 20.9 Å². The molecule has 136 valence electrons. The molecule has 7 heteroatoms. The van der Waals surface area contributed by atoms with Crippen molar-refractivity contribution in [2.45, 2.75) is 19.6 Å². The Balaban J connectivity index is 1.57. The Kier molecular flexibility index (Phi) is 5.38. The molecule has 3 rings (SSSR count). The van der Waals surface area contributed by atoms with Crippen molar-refractivity contribution in [1.82, 2.24) is 0 Å². The number of amides is 1. The predicted molar refractivity (Wildman–Crippen MR) is 93.2 cm³/mol. The summed E-state index contributed by atoms with van der Waals surface area (Å²) < 4.78 is 20.7. The molecule has 7 nitrogen and oxygen atoms in total. The minimum absolute atomic E-state index is 0.157. The van der Waals surface area contributed by atoms with Crippen molar-refractivity contribution < 1.29 is 28.5 Å². The predicted octanol–water partition coefficient (Wildman–Crippen LogP) is 2.75. The summed E-state index contributed by atoms with van der Waals surface area (Å²) in [4.78, 5) is 24.4. The van der Waals surface area contributed by atoms with E-state index in [0.717, 1.165) is 5.56 Å². The van der Waals surface area contributed by atoms with Gasteiger partial charge in [0, 0.05) is 18.9 Å². The number of anilines is 1. The number of ether oxygens (including phenoxy) is 4. The molecule has 0 fully saturated rings. The van der Waals surface area contributed by atoms with Crippen LogP contribution >= 0.6 is 0 Å². The van der Waals surface area contributed by atoms with Crippen LogP contribution in [0.25, 0.3) is 0 Å². The van der Waals surface area contributed by atoms with Crippen molar-refractivity contribution in [2.24, 2.45) is 0 Å². The molecule has 0 saturated heterocycles. The normalized spacial score (nSPS) is 13.2. The number of benzene rings is 2. The van der Waals surface area contributed by atoms with Gasteiger partial charge in [-0.25, -0.2) is 4.79 Å². The lowest BCUT2D eigenvalue weighted by atomic mass is 10.1. The van der Waals surface area contributed by atoms with Crippen molar-refractivity contribution in [2.75, 3.05) is 19.2 Å². The quantitative estimate of drug-likeness (QED) is 0.801. The molecule has 2 aromatic rings. The van der Waals surface area contributed by atoms with Crippen LogP contribution < -0.4 is 14.8 Å². The minimum atomic E-state index is -0.952. The van der Waals surface area contributed by atoms with Gasteiger partial charge in [-0.15, -0.1) is 0 Å². The van der Waals surface area contributed by atoms with Gasteiger partial charge in [-0.1, -0.05) is 12.1 Å². The van der Waals surface area contributed by atoms with Crippen molar-refractivity contribution in [1.29, 1.82) is 0 Å². The molecule has 0 aliphatic carbocycles. The molecule has 1 atom stereocenters. The summed E-state index contributed by atoms with van der Waals surface area (Å²) in [6.45, 7) is 2.13. The summed E-state index contributed by atoms with van der Waals surface area (Å²) >= 11 is 0. The first-order chi connectivity index (χ1) is 12.6. The Morgan fingerprint density at radius 2 is 1.85 bits per heavy atom. The van der Waals surface area contributed by atoms with Crippen LogP contribution in [0, 0.1) is 0 Å². The smallest absolute Gasteiger partial charge is 0.338 e. The van der Waals surface area contributed by atoms with E-state index in [-0.39, 0.29) is 6.79 Å². The fourth-order valence-corrected chi connectivity index (χ4v) is 2.40. The zero-order chi connectivity index (χ0) is 18.5. The van der Waals surface area contributed by atoms with E-state index in [1.54, 1.807) is 49.6 Å². The van der Waals surface area contributed by atoms with Crippen molar-refractivity contribution in [3.8, 4) is 11.5 Å². The Bertz CT molecular complexity index is 802. The summed E-state index contributed by atoms with van der Waals surface area (Å²) in [5, 5.41) is 2.69. The third-order valence-corrected chi connectivity index (χ3v) is 3.79. The maximum Gasteiger partial charge on any atom is 0.338 e. The van der Waals surface area contributed by atoms with Crippen LogP contribution in [0.1, 0.15) is 22.8 Å². The number of rotatable bonds is 6. The molecule has 1 aliphatic rings. The number of esters is 1. The molecule has 26 heavy (non-hydrogen) atoms. The first kappa shape index (κ1) is 17.8. The molecule has 0 radical (unpaired) electrons. The zero-order valence-electron chi connectivity index (χ0n) is 14.5. The highest BCUT2D eigenvalue weighted by atomic mass is 16.7. The maximum atomic E-state index is 12.2. The lowest BCUT2D eigenvalue weighted by Crippen LogP contribution is -2.30. The third kappa shape index (κ3) is 4.12. The van der Waals surface area contributed by atoms with E-state index in [9.17, 15) is 9.59 Å². The lowest BCUT2D eigenvalue weighted by molar-refractivity contribution is -0.123. The van der Waals surface area contributed by atoms with Crippen molar-refractivity contribution in [3.05, 3.63) is 53.6 Å². The van der Waals surface area contributed by atoms with Crippen molar-refractivity contribution in [3.63, 3.8) is 0 Å². The van der Waals surface area contributed by atoms with Gasteiger partial charge >= 0.3 is 5.97 Å². The van der Waals surface area contributed by atoms with Gasteiger partial charge < -0.3 is 24.3 Å². The summed E-state index contributed by atoms with van der Waals surface area (Å²) in [6.07, 6.45) is -0.952. The Morgan fingerprint density at radius 1 is 1.12 bits per heavy atom. The second-order valence-electron chi connectivity index (χ2n) is 5.73. The minimum Gasteiger partial charge on any atom is -0.454 e. The lowest BCUT2D eigenvalue weighted by Gasteiger charge is -2.14. The van der Waals surface area contributed by atoms with Gasteiger partial charge in [0.25, 0.3) is 5.91 Å². The SMILES string of the molecule is COCc1ccc(C(=O)O[C@H](C)C(=O)Nc2ccc3c(c2)OCO3)cc1. The average Bonchev–Trinajstić information content (AvgIpc) is 3.10. The van der Waals surface area contributed by atoms with E-state index in [2.05, 4.69) is 5.32 Å². The van der Waals surface area contributed by atoms with E-state index in [1.165, 1.54) is 6.92 Å². The molecule has 1 heterocycles. The van der Waals surface area contributed by atoms with E-state index in [1.807, 2.05) is 0 Å². The van der Waals surface area contributed by atoms with Crippen LogP contribution in [-0.4, -0.2) is 31.9 Å². The first-order valence-corrected chi connectivity index (χ1v) is 8.06. The Hall–Kier alpha value is -3.06. The van der Waals surface area contributed by atoms with Gasteiger partial charge in [-0.3, -0.25) is 4.79 Å². The average molecular weight is 357 g/mol. The summed E-state index contributed by atoms with van der Waals surface area (Å²) in [6, 6.07) is 11.9. The van der Waals surface area contributed by atoms with Gasteiger partial charge in [-0.2, -0.15) is 0 Å². The van der Waals surface area contributed by atoms with Crippen molar-refractivity contribution >= 4 is 17.6 Å². The third-order valence-electron chi connectivity index (χ3n) is 3.79. The molecule has 0 spiro atoms. The number of nitrogens with one attached hydrogen (secondary N) is 1. The van der Waals surface area contributed by atoms with Crippen LogP contribution in [0.4, 0.5) is 5.69 Å². The monoisotopic (exact) mass is 357 g/mol. The summed E-state index contributed by atoms with van der Waals surface area (Å²) in [5.74, 6) is 0.179. The van der Waals surface area contributed by atoms with Gasteiger partial charge in [0.2, 0.25) is 6.79 Å². The molecule has 0 bridgehead atoms. The molecule has 2 aromatic carbocycles. The second kappa shape index (κ2) is 7.88. The highest BCUT2D eigenvalue weighted by Crippen LogP contribution is 2.34. The van der Waals surface area contributed by atoms with Gasteiger partial charge in [-0.05, 0) is 36.8 Å². The molecule has 0 aromatic heterocycles. The van der Waals surface area contributed by atoms with Crippen LogP contribution in [0.3, 0.4) is 0 Å². The fraction of sp³-hybridized carbons (Fsp3) is 0.263. The van der Waals surface area contributed by atoms with Gasteiger partial charge in [0.15, 0.2) is 17.6 Å². The maximum absolute atomic E-state index is 12.2. The molecule has 1 amide bonds. The number of hydrogen-bond donors (Lipinski definition) is 1. The van der Waals surface area contributed by atoms with Gasteiger partial charge in [0.05, 0.1) is 12.2 Å². The number of methoxy groups -OCH3 is 1. The number of fused-ring (bicyclic) bond motifs is 1. The van der Waals surface area contributed by atoms with Crippen LogP contribution in [0.15, 0.2) is 42.5 Å². The van der Waals surface area contributed by atoms with Crippen LogP contribution in [0.5, 0.6) is 11.5 Å². The largest absolute Gasteiger partial charge is 0.454 e. The molecule has 1 aliphatic heterocycles. The molecule has 1 N–H and O–H groups in total. The number of hydrogen-bond acceptors (Lipinski definition) is 6. The van der Waals surface area contributed by atoms with E-state index < -0.39 is 18.0 Å². The number of carbonyl (C=O) groups is 2. The standard InChI is InChI=1S/C19H19NO6/c1-12(26-19(22)14-5-3-13(4-6-14)10-23-2)18(21)20-15-7-8-16-17(9-15)25-11-24-16/h3-9,12H,10-11H2,1-2H3,(H,20,21)/t12-/m1/s1. The highest BCUT2D eigenvalue weighted by Gasteiger charge is 2.20. The Labute approximate surface area is 150 Å². The molecule has 0 unspecified atom stereocenters. The topological polar surface area (TPSA) is 83.1 Å². The summed E-state index contributed by atoms with van der Waals surface area (Å²) in [5.41, 5.74) is 1.84. The number of carbonyl (C=O) groups excluding carboxylic acids is 2. The van der Waals surface area contributed by atoms with Gasteiger partial charge in [0.1, 0.15) is 0 Å². The Morgan fingerprint density at radius 3 is 2.58 bits per heavy atom. The highest BCUT2D eigenvalue weighted by molar-refractivity contribution is 5.97. The molecule has 0 saturated carbocycles. The molecular weight excluding hydrogens is 338 g/mol.